The molecule has 0 unspecified atom stereocenters. The van der Waals surface area contributed by atoms with Gasteiger partial charge in [-0.15, -0.1) is 0 Å². The normalized spacial score (nSPS) is 19.3. The summed E-state index contributed by atoms with van der Waals surface area (Å²) in [6.07, 6.45) is 0.132. The summed E-state index contributed by atoms with van der Waals surface area (Å²) >= 11 is 6.29. The van der Waals surface area contributed by atoms with E-state index in [1.807, 2.05) is 23.2 Å². The Hall–Kier alpha value is -3.38. The van der Waals surface area contributed by atoms with Gasteiger partial charge in [0.05, 0.1) is 16.7 Å². The highest BCUT2D eigenvalue weighted by molar-refractivity contribution is 6.30. The Balaban J connectivity index is 1.63. The number of hydrogen-bond donors (Lipinski definition) is 0. The van der Waals surface area contributed by atoms with Gasteiger partial charge >= 0.3 is 0 Å². The minimum atomic E-state index is -0.568. The lowest BCUT2D eigenvalue weighted by molar-refractivity contribution is -0.385. The van der Waals surface area contributed by atoms with Gasteiger partial charge in [0.1, 0.15) is 5.75 Å². The van der Waals surface area contributed by atoms with Crippen molar-refractivity contribution >= 4 is 23.0 Å². The number of hydrazone groups is 1. The Morgan fingerprint density at radius 3 is 2.77 bits per heavy atom. The van der Waals surface area contributed by atoms with Crippen LogP contribution < -0.4 is 4.74 Å². The lowest BCUT2D eigenvalue weighted by Gasteiger charge is -2.38. The molecule has 2 atom stereocenters. The topological polar surface area (TPSA) is 68.0 Å². The van der Waals surface area contributed by atoms with Gasteiger partial charge in [-0.2, -0.15) is 5.10 Å². The lowest BCUT2D eigenvalue weighted by atomic mass is 9.93. The van der Waals surface area contributed by atoms with Crippen molar-refractivity contribution in [2.24, 2.45) is 5.10 Å². The van der Waals surface area contributed by atoms with Crippen molar-refractivity contribution in [3.8, 4) is 5.75 Å². The molecular formula is C24H20ClN3O3. The molecule has 0 radical (unpaired) electrons. The third-order valence-corrected chi connectivity index (χ3v) is 6.06. The maximum absolute atomic E-state index is 11.3. The van der Waals surface area contributed by atoms with Crippen LogP contribution in [-0.2, 0) is 0 Å². The second-order valence-electron chi connectivity index (χ2n) is 7.97. The summed E-state index contributed by atoms with van der Waals surface area (Å²) in [5, 5.41) is 18.8. The van der Waals surface area contributed by atoms with E-state index in [1.54, 1.807) is 18.2 Å². The number of ether oxygens (including phenoxy) is 1. The zero-order chi connectivity index (χ0) is 21.7. The predicted octanol–water partition coefficient (Wildman–Crippen LogP) is 6.11. The first-order chi connectivity index (χ1) is 14.9. The third kappa shape index (κ3) is 3.43. The smallest absolute Gasteiger partial charge is 0.269 e. The average molecular weight is 434 g/mol. The minimum absolute atomic E-state index is 0.0254. The molecular weight excluding hydrogens is 414 g/mol. The van der Waals surface area contributed by atoms with Crippen molar-refractivity contribution < 1.29 is 9.66 Å². The Labute approximate surface area is 184 Å². The number of hydrogen-bond acceptors (Lipinski definition) is 5. The van der Waals surface area contributed by atoms with E-state index in [0.29, 0.717) is 17.0 Å². The van der Waals surface area contributed by atoms with Crippen molar-refractivity contribution in [1.82, 2.24) is 5.01 Å². The molecule has 0 aromatic heterocycles. The zero-order valence-corrected chi connectivity index (χ0v) is 17.8. The standard InChI is InChI=1S/C24H20ClN3O3/c1-14-6-7-15(2)19(10-14)21-13-22-20-12-17(25)8-9-23(20)31-24(27(22)26-21)16-4-3-5-18(11-16)28(29)30/h3-12,22,24H,13H2,1-2H3/t22-,24-/m1/s1. The molecule has 0 saturated heterocycles. The average Bonchev–Trinajstić information content (AvgIpc) is 3.20. The number of aryl methyl sites for hydroxylation is 2. The summed E-state index contributed by atoms with van der Waals surface area (Å²) in [5.41, 5.74) is 6.08. The van der Waals surface area contributed by atoms with E-state index in [1.165, 1.54) is 11.6 Å². The second kappa shape index (κ2) is 7.39. The number of halogens is 1. The molecule has 3 aromatic rings. The van der Waals surface area contributed by atoms with Crippen LogP contribution in [0.2, 0.25) is 5.02 Å². The number of non-ortho nitro benzene ring substituents is 1. The molecule has 31 heavy (non-hydrogen) atoms. The van der Waals surface area contributed by atoms with Crippen molar-refractivity contribution in [2.45, 2.75) is 32.5 Å². The van der Waals surface area contributed by atoms with E-state index >= 15 is 0 Å². The summed E-state index contributed by atoms with van der Waals surface area (Å²) in [7, 11) is 0. The predicted molar refractivity (Wildman–Crippen MR) is 120 cm³/mol. The van der Waals surface area contributed by atoms with Gasteiger partial charge < -0.3 is 4.74 Å². The van der Waals surface area contributed by atoms with Crippen LogP contribution in [0.25, 0.3) is 0 Å². The van der Waals surface area contributed by atoms with Crippen LogP contribution in [0.4, 0.5) is 5.69 Å². The van der Waals surface area contributed by atoms with Crippen molar-refractivity contribution in [3.05, 3.63) is 104 Å². The van der Waals surface area contributed by atoms with Crippen LogP contribution in [0.3, 0.4) is 0 Å². The largest absolute Gasteiger partial charge is 0.464 e. The first kappa shape index (κ1) is 19.6. The molecule has 156 valence electrons. The van der Waals surface area contributed by atoms with Crippen molar-refractivity contribution in [3.63, 3.8) is 0 Å². The lowest BCUT2D eigenvalue weighted by Crippen LogP contribution is -2.33. The molecule has 0 aliphatic carbocycles. The van der Waals surface area contributed by atoms with Crippen molar-refractivity contribution in [1.29, 1.82) is 0 Å². The summed E-state index contributed by atoms with van der Waals surface area (Å²) < 4.78 is 6.30. The van der Waals surface area contributed by atoms with Crippen molar-refractivity contribution in [2.75, 3.05) is 0 Å². The highest BCUT2D eigenvalue weighted by atomic mass is 35.5. The fraction of sp³-hybridized carbons (Fsp3) is 0.208. The summed E-state index contributed by atoms with van der Waals surface area (Å²) in [5.74, 6) is 0.722. The minimum Gasteiger partial charge on any atom is -0.464 e. The molecule has 2 aliphatic heterocycles. The Morgan fingerprint density at radius 1 is 1.13 bits per heavy atom. The number of benzene rings is 3. The van der Waals surface area contributed by atoms with Gasteiger partial charge in [-0.3, -0.25) is 10.1 Å². The third-order valence-electron chi connectivity index (χ3n) is 5.82. The molecule has 2 aliphatic rings. The maximum Gasteiger partial charge on any atom is 0.269 e. The number of fused-ring (bicyclic) bond motifs is 3. The van der Waals surface area contributed by atoms with Gasteiger partial charge in [0, 0.05) is 40.3 Å². The first-order valence-electron chi connectivity index (χ1n) is 10.0. The molecule has 3 aromatic carbocycles. The van der Waals surface area contributed by atoms with Crippen LogP contribution in [0.5, 0.6) is 5.75 Å². The SMILES string of the molecule is Cc1ccc(C)c(C2=NN3[C@H](C2)c2cc(Cl)ccc2O[C@@H]3c2cccc([N+](=O)[O-])c2)c1. The van der Waals surface area contributed by atoms with Gasteiger partial charge in [-0.25, -0.2) is 5.01 Å². The van der Waals surface area contributed by atoms with Gasteiger partial charge in [-0.1, -0.05) is 41.4 Å². The highest BCUT2D eigenvalue weighted by Gasteiger charge is 2.41. The molecule has 5 rings (SSSR count). The summed E-state index contributed by atoms with van der Waals surface area (Å²) in [6, 6.07) is 18.4. The van der Waals surface area contributed by atoms with Crippen LogP contribution >= 0.6 is 11.6 Å². The van der Waals surface area contributed by atoms with Crippen LogP contribution in [0.1, 0.15) is 46.5 Å². The van der Waals surface area contributed by atoms with E-state index in [2.05, 4.69) is 32.0 Å². The van der Waals surface area contributed by atoms with Crippen LogP contribution in [0.15, 0.2) is 65.8 Å². The number of rotatable bonds is 3. The Kier molecular flexibility index (Phi) is 4.67. The molecule has 0 spiro atoms. The number of nitro groups is 1. The van der Waals surface area contributed by atoms with E-state index in [0.717, 1.165) is 28.2 Å². The molecule has 6 nitrogen and oxygen atoms in total. The molecule has 0 fully saturated rings. The van der Waals surface area contributed by atoms with Crippen LogP contribution in [-0.4, -0.2) is 15.6 Å². The number of nitro benzene ring substituents is 1. The highest BCUT2D eigenvalue weighted by Crippen LogP contribution is 2.48. The molecule has 0 amide bonds. The molecule has 2 heterocycles. The Bertz CT molecular complexity index is 1240. The fourth-order valence-electron chi connectivity index (χ4n) is 4.28. The molecule has 0 saturated carbocycles. The Morgan fingerprint density at radius 2 is 1.97 bits per heavy atom. The van der Waals surface area contributed by atoms with E-state index < -0.39 is 11.2 Å². The van der Waals surface area contributed by atoms with Gasteiger partial charge in [0.15, 0.2) is 0 Å². The van der Waals surface area contributed by atoms with Gasteiger partial charge in [0.25, 0.3) is 5.69 Å². The zero-order valence-electron chi connectivity index (χ0n) is 17.1. The quantitative estimate of drug-likeness (QED) is 0.369. The maximum atomic E-state index is 11.3. The molecule has 7 heteroatoms. The van der Waals surface area contributed by atoms with Gasteiger partial charge in [0.2, 0.25) is 6.23 Å². The van der Waals surface area contributed by atoms with Gasteiger partial charge in [-0.05, 0) is 43.7 Å². The second-order valence-corrected chi connectivity index (χ2v) is 8.41. The fourth-order valence-corrected chi connectivity index (χ4v) is 4.46. The summed E-state index contributed by atoms with van der Waals surface area (Å²) in [6.45, 7) is 4.14. The monoisotopic (exact) mass is 433 g/mol. The van der Waals surface area contributed by atoms with E-state index in [-0.39, 0.29) is 11.7 Å². The van der Waals surface area contributed by atoms with E-state index in [9.17, 15) is 10.1 Å². The number of nitrogens with zero attached hydrogens (tertiary/aromatic N) is 3. The molecule has 0 bridgehead atoms. The summed E-state index contributed by atoms with van der Waals surface area (Å²) in [4.78, 5) is 10.9. The molecule has 0 N–H and O–H groups in total. The first-order valence-corrected chi connectivity index (χ1v) is 10.4. The van der Waals surface area contributed by atoms with E-state index in [4.69, 9.17) is 21.4 Å². The van der Waals surface area contributed by atoms with Crippen LogP contribution in [0, 0.1) is 24.0 Å².